The molecular weight excluding hydrogens is 508 g/mol. The molecule has 0 aliphatic rings. The van der Waals surface area contributed by atoms with Gasteiger partial charge in [0.05, 0.1) is 11.4 Å². The van der Waals surface area contributed by atoms with E-state index in [-0.39, 0.29) is 0 Å². The molecule has 42 heavy (non-hydrogen) atoms. The van der Waals surface area contributed by atoms with E-state index in [1.54, 1.807) is 0 Å². The molecule has 7 rings (SSSR count). The maximum atomic E-state index is 4.62. The van der Waals surface area contributed by atoms with Gasteiger partial charge in [-0.3, -0.25) is 9.97 Å². The van der Waals surface area contributed by atoms with Crippen LogP contribution in [0.25, 0.3) is 67.0 Å². The van der Waals surface area contributed by atoms with Gasteiger partial charge in [0.25, 0.3) is 0 Å². The van der Waals surface area contributed by atoms with Gasteiger partial charge in [0.2, 0.25) is 0 Å². The zero-order valence-electron chi connectivity index (χ0n) is 23.1. The Morgan fingerprint density at radius 1 is 0.262 bits per heavy atom. The van der Waals surface area contributed by atoms with Crippen molar-refractivity contribution in [1.82, 2.24) is 9.97 Å². The highest BCUT2D eigenvalue weighted by atomic mass is 14.7. The lowest BCUT2D eigenvalue weighted by Gasteiger charge is -2.15. The Kier molecular flexibility index (Phi) is 6.94. The third kappa shape index (κ3) is 5.02. The van der Waals surface area contributed by atoms with E-state index in [4.69, 9.17) is 0 Å². The third-order valence-corrected chi connectivity index (χ3v) is 7.63. The maximum Gasteiger partial charge on any atom is 0.0708 e. The predicted octanol–water partition coefficient (Wildman–Crippen LogP) is 10.5. The molecule has 0 amide bonds. The first-order chi connectivity index (χ1) is 20.8. The molecule has 0 saturated heterocycles. The van der Waals surface area contributed by atoms with E-state index >= 15 is 0 Å². The predicted molar refractivity (Wildman–Crippen MR) is 175 cm³/mol. The number of hydrogen-bond acceptors (Lipinski definition) is 2. The molecule has 2 nitrogen and oxygen atoms in total. The summed E-state index contributed by atoms with van der Waals surface area (Å²) < 4.78 is 0. The Morgan fingerprint density at radius 3 is 0.905 bits per heavy atom. The number of nitrogens with zero attached hydrogens (tertiary/aromatic N) is 2. The molecule has 5 aromatic carbocycles. The van der Waals surface area contributed by atoms with Crippen LogP contribution in [0.2, 0.25) is 0 Å². The first kappa shape index (κ1) is 25.4. The summed E-state index contributed by atoms with van der Waals surface area (Å²) >= 11 is 0. The second kappa shape index (κ2) is 11.5. The minimum Gasteiger partial charge on any atom is -0.256 e. The van der Waals surface area contributed by atoms with Crippen molar-refractivity contribution in [3.8, 4) is 67.0 Å². The fourth-order valence-corrected chi connectivity index (χ4v) is 5.66. The summed E-state index contributed by atoms with van der Waals surface area (Å²) in [6, 6.07) is 55.4. The van der Waals surface area contributed by atoms with Gasteiger partial charge < -0.3 is 0 Å². The Labute approximate surface area is 246 Å². The van der Waals surface area contributed by atoms with Gasteiger partial charge in [-0.05, 0) is 80.9 Å². The van der Waals surface area contributed by atoms with Crippen LogP contribution in [0.15, 0.2) is 170 Å². The van der Waals surface area contributed by atoms with Crippen LogP contribution in [-0.4, -0.2) is 9.97 Å². The molecule has 198 valence electrons. The normalized spacial score (nSPS) is 10.9. The summed E-state index contributed by atoms with van der Waals surface area (Å²) in [6.45, 7) is 0. The number of rotatable bonds is 6. The van der Waals surface area contributed by atoms with Gasteiger partial charge in [-0.15, -0.1) is 0 Å². The lowest BCUT2D eigenvalue weighted by Crippen LogP contribution is -1.90. The topological polar surface area (TPSA) is 25.8 Å². The molecule has 2 aromatic heterocycles. The molecule has 0 fully saturated rings. The number of pyridine rings is 2. The van der Waals surface area contributed by atoms with Crippen molar-refractivity contribution < 1.29 is 0 Å². The van der Waals surface area contributed by atoms with Crippen LogP contribution in [0.1, 0.15) is 0 Å². The highest BCUT2D eigenvalue weighted by Gasteiger charge is 2.13. The van der Waals surface area contributed by atoms with Gasteiger partial charge in [0.15, 0.2) is 0 Å². The molecule has 0 radical (unpaired) electrons. The molecule has 0 aliphatic carbocycles. The Hall–Kier alpha value is -5.60. The smallest absolute Gasteiger partial charge is 0.0708 e. The van der Waals surface area contributed by atoms with Crippen molar-refractivity contribution in [2.75, 3.05) is 0 Å². The van der Waals surface area contributed by atoms with Gasteiger partial charge in [0, 0.05) is 23.5 Å². The quantitative estimate of drug-likeness (QED) is 0.211. The van der Waals surface area contributed by atoms with Crippen LogP contribution in [0, 0.1) is 0 Å². The Balaban J connectivity index is 1.31. The molecular formula is C40H28N2. The summed E-state index contributed by atoms with van der Waals surface area (Å²) in [6.07, 6.45) is 3.70. The fourth-order valence-electron chi connectivity index (χ4n) is 5.66. The van der Waals surface area contributed by atoms with Crippen LogP contribution < -0.4 is 0 Å². The fraction of sp³-hybridized carbons (Fsp3) is 0. The highest BCUT2D eigenvalue weighted by molar-refractivity contribution is 5.90. The van der Waals surface area contributed by atoms with Crippen LogP contribution in [-0.2, 0) is 0 Å². The lowest BCUT2D eigenvalue weighted by atomic mass is 9.89. The van der Waals surface area contributed by atoms with Crippen LogP contribution >= 0.6 is 0 Å². The number of benzene rings is 5. The van der Waals surface area contributed by atoms with Crippen LogP contribution in [0.5, 0.6) is 0 Å². The third-order valence-electron chi connectivity index (χ3n) is 7.63. The number of aromatic nitrogens is 2. The molecule has 0 atom stereocenters. The van der Waals surface area contributed by atoms with Gasteiger partial charge in [-0.1, -0.05) is 121 Å². The molecule has 0 bridgehead atoms. The molecule has 0 saturated carbocycles. The van der Waals surface area contributed by atoms with E-state index in [2.05, 4.69) is 143 Å². The monoisotopic (exact) mass is 536 g/mol. The second-order valence-electron chi connectivity index (χ2n) is 10.2. The van der Waals surface area contributed by atoms with E-state index in [9.17, 15) is 0 Å². The van der Waals surface area contributed by atoms with Crippen molar-refractivity contribution >= 4 is 0 Å². The summed E-state index contributed by atoms with van der Waals surface area (Å²) in [5.74, 6) is 0. The van der Waals surface area contributed by atoms with E-state index in [0.717, 1.165) is 22.5 Å². The lowest BCUT2D eigenvalue weighted by molar-refractivity contribution is 1.33. The molecule has 2 heterocycles. The summed E-state index contributed by atoms with van der Waals surface area (Å²) in [5, 5.41) is 0. The minimum atomic E-state index is 0.974. The van der Waals surface area contributed by atoms with E-state index in [1.165, 1.54) is 44.5 Å². The summed E-state index contributed by atoms with van der Waals surface area (Å²) in [5.41, 5.74) is 13.6. The Morgan fingerprint density at radius 2 is 0.571 bits per heavy atom. The molecule has 0 N–H and O–H groups in total. The largest absolute Gasteiger partial charge is 0.256 e. The first-order valence-corrected chi connectivity index (χ1v) is 14.2. The highest BCUT2D eigenvalue weighted by Crippen LogP contribution is 2.38. The average molecular weight is 537 g/mol. The van der Waals surface area contributed by atoms with Gasteiger partial charge in [0.1, 0.15) is 0 Å². The van der Waals surface area contributed by atoms with Crippen LogP contribution in [0.4, 0.5) is 0 Å². The first-order valence-electron chi connectivity index (χ1n) is 14.2. The molecule has 7 aromatic rings. The summed E-state index contributed by atoms with van der Waals surface area (Å²) in [4.78, 5) is 9.25. The second-order valence-corrected chi connectivity index (χ2v) is 10.2. The van der Waals surface area contributed by atoms with Crippen molar-refractivity contribution in [2.24, 2.45) is 0 Å². The molecule has 2 heteroatoms. The van der Waals surface area contributed by atoms with Gasteiger partial charge in [-0.2, -0.15) is 0 Å². The maximum absolute atomic E-state index is 4.62. The zero-order valence-corrected chi connectivity index (χ0v) is 23.1. The van der Waals surface area contributed by atoms with Gasteiger partial charge >= 0.3 is 0 Å². The van der Waals surface area contributed by atoms with Crippen molar-refractivity contribution in [3.63, 3.8) is 0 Å². The van der Waals surface area contributed by atoms with Crippen LogP contribution in [0.3, 0.4) is 0 Å². The zero-order chi connectivity index (χ0) is 28.1. The average Bonchev–Trinajstić information content (AvgIpc) is 3.09. The van der Waals surface area contributed by atoms with Crippen molar-refractivity contribution in [3.05, 3.63) is 170 Å². The van der Waals surface area contributed by atoms with Crippen molar-refractivity contribution in [2.45, 2.75) is 0 Å². The van der Waals surface area contributed by atoms with E-state index in [1.807, 2.05) is 36.7 Å². The van der Waals surface area contributed by atoms with E-state index < -0.39 is 0 Å². The SMILES string of the molecule is c1ccc(-c2ccccc2-c2cccc(-c3ccccc3-c3cccc(-c4ccccc4-c4ccccn4)c3)c2)nc1. The van der Waals surface area contributed by atoms with E-state index in [0.29, 0.717) is 0 Å². The molecule has 0 unspecified atom stereocenters. The Bertz CT molecular complexity index is 1830. The summed E-state index contributed by atoms with van der Waals surface area (Å²) in [7, 11) is 0. The minimum absolute atomic E-state index is 0.974. The standard InChI is InChI=1S/C40H28N2/c1-2-18-34(30-14-12-16-32(28-30)36-20-4-6-22-38(36)40-24-8-10-26-42-40)33(17-1)29-13-11-15-31(27-29)35-19-3-5-21-37(35)39-23-7-9-25-41-39/h1-28H. The molecule has 0 aliphatic heterocycles. The van der Waals surface area contributed by atoms with Gasteiger partial charge in [-0.25, -0.2) is 0 Å². The molecule has 0 spiro atoms. The van der Waals surface area contributed by atoms with Crippen molar-refractivity contribution in [1.29, 1.82) is 0 Å². The number of hydrogen-bond donors (Lipinski definition) is 0.